The molecule has 0 unspecified atom stereocenters. The normalized spacial score (nSPS) is 12.2. The van der Waals surface area contributed by atoms with Gasteiger partial charge in [-0.1, -0.05) is 13.3 Å². The summed E-state index contributed by atoms with van der Waals surface area (Å²) in [5.74, 6) is 0.881. The minimum absolute atomic E-state index is 0.126. The van der Waals surface area contributed by atoms with E-state index >= 15 is 0 Å². The molecule has 0 aliphatic heterocycles. The Bertz CT molecular complexity index is 357. The molecule has 18 heavy (non-hydrogen) atoms. The van der Waals surface area contributed by atoms with Crippen LogP contribution in [0.3, 0.4) is 0 Å². The summed E-state index contributed by atoms with van der Waals surface area (Å²) in [5.41, 5.74) is 0.709. The number of Topliss-reactive ketones (excluding diaryl/α,β-unsaturated/α-hetero) is 1. The molecule has 1 aromatic carbocycles. The van der Waals surface area contributed by atoms with Crippen molar-refractivity contribution in [3.05, 3.63) is 29.8 Å². The van der Waals surface area contributed by atoms with Crippen molar-refractivity contribution in [3.8, 4) is 5.75 Å². The van der Waals surface area contributed by atoms with Gasteiger partial charge in [-0.3, -0.25) is 4.79 Å². The maximum Gasteiger partial charge on any atom is 0.162 e. The summed E-state index contributed by atoms with van der Waals surface area (Å²) < 4.78 is 5.04. The second kappa shape index (κ2) is 7.88. The summed E-state index contributed by atoms with van der Waals surface area (Å²) in [4.78, 5) is 11.9. The molecule has 1 atom stereocenters. The van der Waals surface area contributed by atoms with E-state index < -0.39 is 0 Å². The van der Waals surface area contributed by atoms with Crippen molar-refractivity contribution in [2.24, 2.45) is 0 Å². The van der Waals surface area contributed by atoms with Gasteiger partial charge in [-0.05, 0) is 43.5 Å². The number of benzene rings is 1. The number of methoxy groups -OCH3 is 1. The largest absolute Gasteiger partial charge is 0.497 e. The maximum absolute atomic E-state index is 11.9. The van der Waals surface area contributed by atoms with Crippen LogP contribution in [-0.4, -0.2) is 24.1 Å². The van der Waals surface area contributed by atoms with Gasteiger partial charge in [0.25, 0.3) is 0 Å². The van der Waals surface area contributed by atoms with Crippen molar-refractivity contribution in [3.63, 3.8) is 0 Å². The molecule has 0 bridgehead atoms. The molecule has 0 radical (unpaired) electrons. The number of aliphatic hydroxyl groups excluding tert-OH is 1. The molecule has 0 saturated carbocycles. The molecule has 0 aliphatic rings. The first-order valence-corrected chi connectivity index (χ1v) is 6.52. The molecule has 0 spiro atoms. The number of hydrogen-bond acceptors (Lipinski definition) is 3. The van der Waals surface area contributed by atoms with Gasteiger partial charge in [-0.2, -0.15) is 0 Å². The number of aliphatic hydroxyl groups is 1. The van der Waals surface area contributed by atoms with E-state index in [1.807, 2.05) is 6.92 Å². The van der Waals surface area contributed by atoms with Crippen LogP contribution < -0.4 is 4.74 Å². The average molecular weight is 250 g/mol. The molecular formula is C15H22O3. The van der Waals surface area contributed by atoms with Crippen LogP contribution in [0, 0.1) is 0 Å². The van der Waals surface area contributed by atoms with E-state index in [9.17, 15) is 9.90 Å². The Morgan fingerprint density at radius 3 is 2.50 bits per heavy atom. The van der Waals surface area contributed by atoms with Crippen LogP contribution in [0.2, 0.25) is 0 Å². The predicted molar refractivity (Wildman–Crippen MR) is 72.1 cm³/mol. The summed E-state index contributed by atoms with van der Waals surface area (Å²) in [7, 11) is 1.60. The quantitative estimate of drug-likeness (QED) is 0.721. The zero-order chi connectivity index (χ0) is 13.4. The van der Waals surface area contributed by atoms with E-state index in [4.69, 9.17) is 4.74 Å². The molecule has 1 rings (SSSR count). The van der Waals surface area contributed by atoms with Crippen molar-refractivity contribution < 1.29 is 14.6 Å². The highest BCUT2D eigenvalue weighted by Gasteiger charge is 2.08. The monoisotopic (exact) mass is 250 g/mol. The summed E-state index contributed by atoms with van der Waals surface area (Å²) in [5, 5.41) is 9.57. The van der Waals surface area contributed by atoms with Crippen LogP contribution in [0.4, 0.5) is 0 Å². The Hall–Kier alpha value is -1.35. The summed E-state index contributed by atoms with van der Waals surface area (Å²) in [6.45, 7) is 2.05. The molecule has 1 N–H and O–H groups in total. The molecule has 0 saturated heterocycles. The van der Waals surface area contributed by atoms with Crippen molar-refractivity contribution in [2.45, 2.75) is 45.1 Å². The molecule has 100 valence electrons. The van der Waals surface area contributed by atoms with Crippen LogP contribution in [0.15, 0.2) is 24.3 Å². The molecular weight excluding hydrogens is 228 g/mol. The van der Waals surface area contributed by atoms with E-state index in [2.05, 4.69) is 0 Å². The Labute approximate surface area is 109 Å². The van der Waals surface area contributed by atoms with E-state index in [-0.39, 0.29) is 11.9 Å². The Morgan fingerprint density at radius 1 is 1.28 bits per heavy atom. The highest BCUT2D eigenvalue weighted by Crippen LogP contribution is 2.14. The van der Waals surface area contributed by atoms with Crippen LogP contribution in [0.25, 0.3) is 0 Å². The van der Waals surface area contributed by atoms with E-state index in [0.29, 0.717) is 18.4 Å². The van der Waals surface area contributed by atoms with Gasteiger partial charge in [-0.15, -0.1) is 0 Å². The fraction of sp³-hybridized carbons (Fsp3) is 0.533. The van der Waals surface area contributed by atoms with Gasteiger partial charge in [-0.25, -0.2) is 0 Å². The molecule has 3 nitrogen and oxygen atoms in total. The topological polar surface area (TPSA) is 46.5 Å². The first-order chi connectivity index (χ1) is 8.67. The van der Waals surface area contributed by atoms with Gasteiger partial charge in [0.15, 0.2) is 5.78 Å². The first-order valence-electron chi connectivity index (χ1n) is 6.52. The van der Waals surface area contributed by atoms with Gasteiger partial charge in [0.2, 0.25) is 0 Å². The van der Waals surface area contributed by atoms with Crippen LogP contribution in [-0.2, 0) is 0 Å². The van der Waals surface area contributed by atoms with Gasteiger partial charge in [0.1, 0.15) is 5.75 Å². The Balaban J connectivity index is 2.35. The third-order valence-corrected chi connectivity index (χ3v) is 2.98. The third-order valence-electron chi connectivity index (χ3n) is 2.98. The van der Waals surface area contributed by atoms with Gasteiger partial charge < -0.3 is 9.84 Å². The smallest absolute Gasteiger partial charge is 0.162 e. The predicted octanol–water partition coefficient (Wildman–Crippen LogP) is 3.21. The minimum atomic E-state index is -0.265. The summed E-state index contributed by atoms with van der Waals surface area (Å²) in [6, 6.07) is 7.14. The first kappa shape index (κ1) is 14.7. The van der Waals surface area contributed by atoms with Gasteiger partial charge in [0.05, 0.1) is 13.2 Å². The summed E-state index contributed by atoms with van der Waals surface area (Å²) >= 11 is 0. The van der Waals surface area contributed by atoms with E-state index in [0.717, 1.165) is 25.0 Å². The Kier molecular flexibility index (Phi) is 6.44. The number of ether oxygens (including phenoxy) is 1. The molecule has 0 amide bonds. The lowest BCUT2D eigenvalue weighted by molar-refractivity contribution is 0.0967. The second-order valence-corrected chi connectivity index (χ2v) is 4.49. The zero-order valence-electron chi connectivity index (χ0n) is 11.2. The van der Waals surface area contributed by atoms with E-state index in [1.165, 1.54) is 0 Å². The Morgan fingerprint density at radius 2 is 1.94 bits per heavy atom. The standard InChI is InChI=1S/C15H22O3/c1-3-5-13(16)6-4-7-15(17)12-8-10-14(18-2)11-9-12/h8-11,13,16H,3-7H2,1-2H3/t13-/m0/s1. The zero-order valence-corrected chi connectivity index (χ0v) is 11.2. The van der Waals surface area contributed by atoms with Gasteiger partial charge in [0, 0.05) is 12.0 Å². The van der Waals surface area contributed by atoms with Crippen molar-refractivity contribution in [1.29, 1.82) is 0 Å². The fourth-order valence-electron chi connectivity index (χ4n) is 1.90. The number of carbonyl (C=O) groups is 1. The van der Waals surface area contributed by atoms with Crippen LogP contribution in [0.1, 0.15) is 49.4 Å². The molecule has 0 aromatic heterocycles. The molecule has 0 aliphatic carbocycles. The van der Waals surface area contributed by atoms with Crippen LogP contribution >= 0.6 is 0 Å². The fourth-order valence-corrected chi connectivity index (χ4v) is 1.90. The number of rotatable bonds is 8. The minimum Gasteiger partial charge on any atom is -0.497 e. The number of ketones is 1. The lowest BCUT2D eigenvalue weighted by Crippen LogP contribution is -2.07. The highest BCUT2D eigenvalue weighted by molar-refractivity contribution is 5.96. The van der Waals surface area contributed by atoms with Gasteiger partial charge >= 0.3 is 0 Å². The van der Waals surface area contributed by atoms with Crippen molar-refractivity contribution in [2.75, 3.05) is 7.11 Å². The van der Waals surface area contributed by atoms with E-state index in [1.54, 1.807) is 31.4 Å². The van der Waals surface area contributed by atoms with Crippen molar-refractivity contribution >= 4 is 5.78 Å². The molecule has 0 fully saturated rings. The SMILES string of the molecule is CCC[C@H](O)CCCC(=O)c1ccc(OC)cc1. The van der Waals surface area contributed by atoms with Crippen molar-refractivity contribution in [1.82, 2.24) is 0 Å². The third kappa shape index (κ3) is 4.88. The second-order valence-electron chi connectivity index (χ2n) is 4.49. The molecule has 0 heterocycles. The average Bonchev–Trinajstić information content (AvgIpc) is 2.39. The molecule has 3 heteroatoms. The molecule has 1 aromatic rings. The lowest BCUT2D eigenvalue weighted by atomic mass is 10.0. The maximum atomic E-state index is 11.9. The van der Waals surface area contributed by atoms with Crippen LogP contribution in [0.5, 0.6) is 5.75 Å². The lowest BCUT2D eigenvalue weighted by Gasteiger charge is -2.08. The number of hydrogen-bond donors (Lipinski definition) is 1. The summed E-state index contributed by atoms with van der Waals surface area (Å²) in [6.07, 6.45) is 3.47. The highest BCUT2D eigenvalue weighted by atomic mass is 16.5. The number of carbonyl (C=O) groups excluding carboxylic acids is 1.